The lowest BCUT2D eigenvalue weighted by molar-refractivity contribution is 0.0525. The molecule has 0 saturated heterocycles. The average Bonchev–Trinajstić information content (AvgIpc) is 3.36. The summed E-state index contributed by atoms with van der Waals surface area (Å²) in [6.07, 6.45) is 3.46. The number of aryl methyl sites for hydroxylation is 1. The molecular formula is C26H21ClN6O3. The Kier molecular flexibility index (Phi) is 6.55. The highest BCUT2D eigenvalue weighted by Gasteiger charge is 2.22. The number of fused-ring (bicyclic) bond motifs is 1. The number of esters is 1. The largest absolute Gasteiger partial charge is 0.462 e. The number of halogens is 1. The minimum atomic E-state index is -0.478. The van der Waals surface area contributed by atoms with Crippen molar-refractivity contribution >= 4 is 28.5 Å². The highest BCUT2D eigenvalue weighted by molar-refractivity contribution is 6.31. The van der Waals surface area contributed by atoms with Crippen molar-refractivity contribution < 1.29 is 14.3 Å². The van der Waals surface area contributed by atoms with Crippen LogP contribution in [0.5, 0.6) is 6.01 Å². The number of carbonyl (C=O) groups is 1. The molecule has 0 fully saturated rings. The van der Waals surface area contributed by atoms with E-state index in [0.29, 0.717) is 27.7 Å². The molecule has 5 aromatic rings. The Hall–Kier alpha value is -4.37. The van der Waals surface area contributed by atoms with E-state index in [1.165, 1.54) is 0 Å². The molecule has 0 aliphatic carbocycles. The summed E-state index contributed by atoms with van der Waals surface area (Å²) in [4.78, 5) is 25.9. The van der Waals surface area contributed by atoms with E-state index in [-0.39, 0.29) is 19.2 Å². The molecule has 0 N–H and O–H groups in total. The Morgan fingerprint density at radius 3 is 2.72 bits per heavy atom. The predicted molar refractivity (Wildman–Crippen MR) is 134 cm³/mol. The van der Waals surface area contributed by atoms with Gasteiger partial charge in [-0.3, -0.25) is 4.98 Å². The van der Waals surface area contributed by atoms with Gasteiger partial charge in [0.15, 0.2) is 0 Å². The molecular weight excluding hydrogens is 480 g/mol. The van der Waals surface area contributed by atoms with Gasteiger partial charge in [-0.05, 0) is 38.1 Å². The third-order valence-corrected chi connectivity index (χ3v) is 5.65. The van der Waals surface area contributed by atoms with Gasteiger partial charge in [0.2, 0.25) is 0 Å². The van der Waals surface area contributed by atoms with Crippen LogP contribution in [0.1, 0.15) is 28.7 Å². The van der Waals surface area contributed by atoms with Gasteiger partial charge in [-0.25, -0.2) is 9.48 Å². The molecule has 0 aliphatic heterocycles. The molecule has 0 aliphatic rings. The van der Waals surface area contributed by atoms with E-state index in [1.807, 2.05) is 42.5 Å². The monoisotopic (exact) mass is 500 g/mol. The highest BCUT2D eigenvalue weighted by atomic mass is 35.5. The Balaban J connectivity index is 1.42. The van der Waals surface area contributed by atoms with Gasteiger partial charge in [-0.2, -0.15) is 9.97 Å². The SMILES string of the molecule is CCOC(=O)c1c(C)nc(OCc2cn(-c3ccnc4cc(Cl)ccc34)nn2)nc1-c1ccccc1. The van der Waals surface area contributed by atoms with Gasteiger partial charge >= 0.3 is 12.0 Å². The van der Waals surface area contributed by atoms with Crippen molar-refractivity contribution in [3.8, 4) is 23.0 Å². The summed E-state index contributed by atoms with van der Waals surface area (Å²) in [5, 5.41) is 9.95. The molecule has 10 heteroatoms. The van der Waals surface area contributed by atoms with Crippen LogP contribution in [0, 0.1) is 6.92 Å². The summed E-state index contributed by atoms with van der Waals surface area (Å²) in [6, 6.07) is 16.8. The molecule has 0 spiro atoms. The molecule has 180 valence electrons. The molecule has 0 saturated carbocycles. The van der Waals surface area contributed by atoms with Crippen molar-refractivity contribution in [2.45, 2.75) is 20.5 Å². The number of aromatic nitrogens is 6. The van der Waals surface area contributed by atoms with Crippen LogP contribution in [-0.2, 0) is 11.3 Å². The minimum absolute atomic E-state index is 0.0846. The van der Waals surface area contributed by atoms with Crippen LogP contribution >= 0.6 is 11.6 Å². The molecule has 5 rings (SSSR count). The van der Waals surface area contributed by atoms with Gasteiger partial charge in [0.25, 0.3) is 0 Å². The fourth-order valence-electron chi connectivity index (χ4n) is 3.79. The van der Waals surface area contributed by atoms with Gasteiger partial charge < -0.3 is 9.47 Å². The number of benzene rings is 2. The maximum atomic E-state index is 12.6. The molecule has 0 amide bonds. The van der Waals surface area contributed by atoms with Crippen molar-refractivity contribution in [2.24, 2.45) is 0 Å². The van der Waals surface area contributed by atoms with E-state index in [1.54, 1.807) is 43.1 Å². The normalized spacial score (nSPS) is 11.0. The van der Waals surface area contributed by atoms with E-state index < -0.39 is 5.97 Å². The quantitative estimate of drug-likeness (QED) is 0.288. The van der Waals surface area contributed by atoms with Gasteiger partial charge in [-0.15, -0.1) is 5.10 Å². The van der Waals surface area contributed by atoms with Crippen molar-refractivity contribution in [1.29, 1.82) is 0 Å². The molecule has 3 aromatic heterocycles. The molecule has 0 radical (unpaired) electrons. The summed E-state index contributed by atoms with van der Waals surface area (Å²) >= 11 is 6.10. The molecule has 9 nitrogen and oxygen atoms in total. The molecule has 2 aromatic carbocycles. The summed E-state index contributed by atoms with van der Waals surface area (Å²) in [5.74, 6) is -0.478. The zero-order valence-electron chi connectivity index (χ0n) is 19.6. The third kappa shape index (κ3) is 4.73. The number of hydrogen-bond acceptors (Lipinski definition) is 8. The molecule has 0 atom stereocenters. The van der Waals surface area contributed by atoms with Crippen molar-refractivity contribution in [3.63, 3.8) is 0 Å². The van der Waals surface area contributed by atoms with E-state index in [0.717, 1.165) is 22.2 Å². The van der Waals surface area contributed by atoms with Gasteiger partial charge in [0.05, 0.1) is 35.4 Å². The number of rotatable bonds is 7. The first-order valence-electron chi connectivity index (χ1n) is 11.2. The molecule has 0 bridgehead atoms. The van der Waals surface area contributed by atoms with Gasteiger partial charge in [-0.1, -0.05) is 47.1 Å². The highest BCUT2D eigenvalue weighted by Crippen LogP contribution is 2.27. The second kappa shape index (κ2) is 10.1. The maximum Gasteiger partial charge on any atom is 0.342 e. The Bertz CT molecular complexity index is 1550. The Morgan fingerprint density at radius 1 is 1.08 bits per heavy atom. The van der Waals surface area contributed by atoms with E-state index in [4.69, 9.17) is 21.1 Å². The number of hydrogen-bond donors (Lipinski definition) is 0. The molecule has 0 unspecified atom stereocenters. The van der Waals surface area contributed by atoms with E-state index in [9.17, 15) is 4.79 Å². The smallest absolute Gasteiger partial charge is 0.342 e. The van der Waals surface area contributed by atoms with Gasteiger partial charge in [0, 0.05) is 22.2 Å². The number of ether oxygens (including phenoxy) is 2. The Labute approximate surface area is 211 Å². The topological polar surface area (TPSA) is 105 Å². The van der Waals surface area contributed by atoms with Crippen LogP contribution in [0.2, 0.25) is 5.02 Å². The zero-order chi connectivity index (χ0) is 25.1. The van der Waals surface area contributed by atoms with Crippen molar-refractivity contribution in [1.82, 2.24) is 29.9 Å². The standard InChI is InChI=1S/C26H21ClN6O3/c1-3-35-25(34)23-16(2)29-26(30-24(23)17-7-5-4-6-8-17)36-15-19-14-33(32-31-19)22-11-12-28-21-13-18(27)9-10-20(21)22/h4-14H,3,15H2,1-2H3. The lowest BCUT2D eigenvalue weighted by atomic mass is 10.0. The van der Waals surface area contributed by atoms with Crippen LogP contribution in [0.4, 0.5) is 0 Å². The van der Waals surface area contributed by atoms with Crippen LogP contribution in [0.25, 0.3) is 27.8 Å². The summed E-state index contributed by atoms with van der Waals surface area (Å²) in [5.41, 5.74) is 4.12. The first-order chi connectivity index (χ1) is 17.5. The fraction of sp³-hybridized carbons (Fsp3) is 0.154. The van der Waals surface area contributed by atoms with Crippen LogP contribution in [0.3, 0.4) is 0 Å². The van der Waals surface area contributed by atoms with Crippen LogP contribution in [-0.4, -0.2) is 42.5 Å². The zero-order valence-corrected chi connectivity index (χ0v) is 20.3. The summed E-state index contributed by atoms with van der Waals surface area (Å²) in [7, 11) is 0. The van der Waals surface area contributed by atoms with E-state index >= 15 is 0 Å². The fourth-order valence-corrected chi connectivity index (χ4v) is 3.96. The first-order valence-corrected chi connectivity index (χ1v) is 11.6. The average molecular weight is 501 g/mol. The van der Waals surface area contributed by atoms with Crippen molar-refractivity contribution in [2.75, 3.05) is 6.61 Å². The number of pyridine rings is 1. The summed E-state index contributed by atoms with van der Waals surface area (Å²) in [6.45, 7) is 3.82. The minimum Gasteiger partial charge on any atom is -0.462 e. The van der Waals surface area contributed by atoms with Crippen molar-refractivity contribution in [3.05, 3.63) is 89.0 Å². The lowest BCUT2D eigenvalue weighted by Gasteiger charge is -2.12. The second-order valence-electron chi connectivity index (χ2n) is 7.84. The number of nitrogens with zero attached hydrogens (tertiary/aromatic N) is 6. The van der Waals surface area contributed by atoms with E-state index in [2.05, 4.69) is 25.3 Å². The van der Waals surface area contributed by atoms with Crippen LogP contribution < -0.4 is 4.74 Å². The first kappa shape index (κ1) is 23.4. The second-order valence-corrected chi connectivity index (χ2v) is 8.27. The number of carbonyl (C=O) groups excluding carboxylic acids is 1. The van der Waals surface area contributed by atoms with Gasteiger partial charge in [0.1, 0.15) is 17.9 Å². The summed E-state index contributed by atoms with van der Waals surface area (Å²) < 4.78 is 12.7. The predicted octanol–water partition coefficient (Wildman–Crippen LogP) is 4.99. The van der Waals surface area contributed by atoms with Crippen LogP contribution in [0.15, 0.2) is 67.0 Å². The maximum absolute atomic E-state index is 12.6. The third-order valence-electron chi connectivity index (χ3n) is 5.41. The molecule has 3 heterocycles. The lowest BCUT2D eigenvalue weighted by Crippen LogP contribution is -2.13. The Morgan fingerprint density at radius 2 is 1.92 bits per heavy atom. The molecule has 36 heavy (non-hydrogen) atoms.